The van der Waals surface area contributed by atoms with Crippen LogP contribution < -0.4 is 34.7 Å². The molecule has 0 aliphatic heterocycles. The van der Waals surface area contributed by atoms with E-state index in [9.17, 15) is 5.11 Å². The van der Waals surface area contributed by atoms with Gasteiger partial charge in [0.25, 0.3) is 0 Å². The van der Waals surface area contributed by atoms with Gasteiger partial charge in [0, 0.05) is 0 Å². The Kier molecular flexibility index (Phi) is 17.3. The molecule has 0 amide bonds. The molecular formula is C12H27AlNaO. The predicted octanol–water partition coefficient (Wildman–Crippen LogP) is -0.0116. The summed E-state index contributed by atoms with van der Waals surface area (Å²) in [5.74, 6) is 1.86. The van der Waals surface area contributed by atoms with Gasteiger partial charge in [0.2, 0.25) is 15.2 Å². The Morgan fingerprint density at radius 2 is 1.13 bits per heavy atom. The molecule has 0 spiro atoms. The first-order chi connectivity index (χ1) is 6.13. The van der Waals surface area contributed by atoms with Crippen molar-refractivity contribution in [1.82, 2.24) is 0 Å². The van der Waals surface area contributed by atoms with E-state index in [2.05, 4.69) is 27.7 Å². The first-order valence-electron chi connectivity index (χ1n) is 5.65. The van der Waals surface area contributed by atoms with Crippen molar-refractivity contribution in [3.05, 3.63) is 0 Å². The molecule has 85 valence electrons. The maximum Gasteiger partial charge on any atom is 1.00 e. The Labute approximate surface area is 125 Å². The Hall–Kier alpha value is 1.49. The van der Waals surface area contributed by atoms with Crippen molar-refractivity contribution in [1.29, 1.82) is 0 Å². The van der Waals surface area contributed by atoms with Gasteiger partial charge in [-0.3, -0.25) is 0 Å². The van der Waals surface area contributed by atoms with Crippen LogP contribution in [0.5, 0.6) is 0 Å². The molecule has 15 heavy (non-hydrogen) atoms. The second kappa shape index (κ2) is 12.0. The topological polar surface area (TPSA) is 23.1 Å². The van der Waals surface area contributed by atoms with Crippen molar-refractivity contribution >= 4 is 15.2 Å². The molecule has 0 heterocycles. The fourth-order valence-corrected chi connectivity index (χ4v) is 2.29. The minimum atomic E-state index is -0.750. The van der Waals surface area contributed by atoms with Crippen LogP contribution in [-0.2, 0) is 0 Å². The average molecular weight is 237 g/mol. The summed E-state index contributed by atoms with van der Waals surface area (Å²) in [6.45, 7) is 14.1. The van der Waals surface area contributed by atoms with Crippen LogP contribution in [0.2, 0.25) is 10.6 Å². The summed E-state index contributed by atoms with van der Waals surface area (Å²) in [5.41, 5.74) is -0.750. The van der Waals surface area contributed by atoms with E-state index >= 15 is 0 Å². The SMILES string of the molecule is CC(C)(C)[O-].CC(C)[CH2][Al][CH2]C(C)C.[Na+]. The average Bonchev–Trinajstić information content (AvgIpc) is 1.80. The number of hydrogen-bond donors (Lipinski definition) is 0. The van der Waals surface area contributed by atoms with E-state index in [1.807, 2.05) is 0 Å². The third kappa shape index (κ3) is 50.2. The summed E-state index contributed by atoms with van der Waals surface area (Å²) in [6.07, 6.45) is 0. The van der Waals surface area contributed by atoms with Gasteiger partial charge in [-0.2, -0.15) is 0 Å². The van der Waals surface area contributed by atoms with Gasteiger partial charge in [0.15, 0.2) is 0 Å². The fraction of sp³-hybridized carbons (Fsp3) is 1.00. The predicted molar refractivity (Wildman–Crippen MR) is 64.8 cm³/mol. The molecule has 0 aromatic carbocycles. The molecule has 0 fully saturated rings. The van der Waals surface area contributed by atoms with Crippen LogP contribution in [-0.4, -0.2) is 20.8 Å². The first kappa shape index (κ1) is 21.7. The third-order valence-corrected chi connectivity index (χ3v) is 3.83. The second-order valence-electron chi connectivity index (χ2n) is 5.66. The Morgan fingerprint density at radius 3 is 1.27 bits per heavy atom. The quantitative estimate of drug-likeness (QED) is 0.631. The largest absolute Gasteiger partial charge is 1.00 e. The van der Waals surface area contributed by atoms with Gasteiger partial charge < -0.3 is 5.11 Å². The van der Waals surface area contributed by atoms with Crippen LogP contribution in [0.1, 0.15) is 48.5 Å². The molecule has 0 bridgehead atoms. The summed E-state index contributed by atoms with van der Waals surface area (Å²) in [5, 5.41) is 13.1. The van der Waals surface area contributed by atoms with Crippen molar-refractivity contribution in [2.24, 2.45) is 11.8 Å². The zero-order chi connectivity index (χ0) is 11.8. The normalized spacial score (nSPS) is 10.5. The monoisotopic (exact) mass is 237 g/mol. The van der Waals surface area contributed by atoms with Crippen LogP contribution in [0, 0.1) is 11.8 Å². The maximum absolute atomic E-state index is 10.1. The molecule has 0 N–H and O–H groups in total. The van der Waals surface area contributed by atoms with Crippen molar-refractivity contribution in [2.45, 2.75) is 64.6 Å². The van der Waals surface area contributed by atoms with Crippen LogP contribution >= 0.6 is 0 Å². The molecule has 0 aromatic heterocycles. The van der Waals surface area contributed by atoms with E-state index in [4.69, 9.17) is 0 Å². The molecule has 3 heteroatoms. The Morgan fingerprint density at radius 1 is 0.933 bits per heavy atom. The van der Waals surface area contributed by atoms with Crippen LogP contribution in [0.15, 0.2) is 0 Å². The Balaban J connectivity index is -0.000000208. The van der Waals surface area contributed by atoms with Crippen molar-refractivity contribution in [3.63, 3.8) is 0 Å². The molecule has 1 radical (unpaired) electrons. The molecule has 0 unspecified atom stereocenters. The molecule has 0 aromatic rings. The van der Waals surface area contributed by atoms with Gasteiger partial charge in [-0.05, 0) is 0 Å². The molecular weight excluding hydrogens is 210 g/mol. The van der Waals surface area contributed by atoms with E-state index in [0.717, 1.165) is 27.1 Å². The third-order valence-electron chi connectivity index (χ3n) is 1.28. The van der Waals surface area contributed by atoms with Crippen LogP contribution in [0.25, 0.3) is 0 Å². The number of hydrogen-bond acceptors (Lipinski definition) is 1. The van der Waals surface area contributed by atoms with Crippen molar-refractivity contribution in [3.8, 4) is 0 Å². The van der Waals surface area contributed by atoms with Crippen LogP contribution in [0.3, 0.4) is 0 Å². The van der Waals surface area contributed by atoms with E-state index < -0.39 is 5.60 Å². The van der Waals surface area contributed by atoms with Gasteiger partial charge in [-0.1, -0.05) is 60.3 Å². The summed E-state index contributed by atoms with van der Waals surface area (Å²) in [4.78, 5) is 0. The van der Waals surface area contributed by atoms with Crippen molar-refractivity contribution < 1.29 is 34.7 Å². The van der Waals surface area contributed by atoms with Gasteiger partial charge >= 0.3 is 29.6 Å². The van der Waals surface area contributed by atoms with Gasteiger partial charge in [0.1, 0.15) is 0 Å². The molecule has 0 saturated heterocycles. The summed E-state index contributed by atoms with van der Waals surface area (Å²) in [7, 11) is 0. The smallest absolute Gasteiger partial charge is 0.850 e. The second-order valence-corrected chi connectivity index (χ2v) is 7.18. The Bertz CT molecular complexity index is 105. The summed E-state index contributed by atoms with van der Waals surface area (Å²) in [6, 6.07) is 0. The minimum Gasteiger partial charge on any atom is -0.850 e. The summed E-state index contributed by atoms with van der Waals surface area (Å²) < 4.78 is 0. The first-order valence-corrected chi connectivity index (χ1v) is 7.28. The fourth-order valence-electron chi connectivity index (χ4n) is 0.763. The number of rotatable bonds is 4. The van der Waals surface area contributed by atoms with E-state index in [0.29, 0.717) is 0 Å². The van der Waals surface area contributed by atoms with Gasteiger partial charge in [-0.15, -0.1) is 16.2 Å². The molecule has 0 rings (SSSR count). The molecule has 0 atom stereocenters. The van der Waals surface area contributed by atoms with Gasteiger partial charge in [0.05, 0.1) is 0 Å². The summed E-state index contributed by atoms with van der Waals surface area (Å²) >= 11 is 0.755. The minimum absolute atomic E-state index is 0. The molecule has 0 saturated carbocycles. The zero-order valence-corrected chi connectivity index (χ0v) is 15.2. The zero-order valence-electron chi connectivity index (χ0n) is 12.1. The van der Waals surface area contributed by atoms with E-state index in [1.165, 1.54) is 10.6 Å². The maximum atomic E-state index is 10.1. The molecule has 0 aliphatic carbocycles. The molecule has 0 aliphatic rings. The van der Waals surface area contributed by atoms with E-state index in [1.54, 1.807) is 20.8 Å². The van der Waals surface area contributed by atoms with Crippen LogP contribution in [0.4, 0.5) is 0 Å². The van der Waals surface area contributed by atoms with Crippen molar-refractivity contribution in [2.75, 3.05) is 0 Å². The van der Waals surface area contributed by atoms with E-state index in [-0.39, 0.29) is 29.6 Å². The van der Waals surface area contributed by atoms with Gasteiger partial charge in [-0.25, -0.2) is 0 Å². The molecule has 1 nitrogen and oxygen atoms in total. The standard InChI is InChI=1S/C4H9O.2C4H9.Al.Na/c1-4(2,3)5;2*1-4(2)3;;/h1-3H3;2*4H,1H2,2-3H3;;/q-1;;;;+1.